The van der Waals surface area contributed by atoms with Crippen LogP contribution in [0.1, 0.15) is 20.8 Å². The largest absolute Gasteiger partial charge is 0.273 e. The SMILES string of the molecule is CN(c1ccc(S(N)(=O)=O)cc1)S(=O)(=O)CC(C)(C)C. The van der Waals surface area contributed by atoms with E-state index in [1.54, 1.807) is 0 Å². The summed E-state index contributed by atoms with van der Waals surface area (Å²) >= 11 is 0. The summed E-state index contributed by atoms with van der Waals surface area (Å²) in [7, 11) is -5.81. The third-order valence-corrected chi connectivity index (χ3v) is 5.77. The highest BCUT2D eigenvalue weighted by Crippen LogP contribution is 2.23. The van der Waals surface area contributed by atoms with Crippen LogP contribution < -0.4 is 9.44 Å². The van der Waals surface area contributed by atoms with Crippen molar-refractivity contribution in [3.63, 3.8) is 0 Å². The smallest absolute Gasteiger partial charge is 0.238 e. The van der Waals surface area contributed by atoms with Gasteiger partial charge in [-0.2, -0.15) is 0 Å². The lowest BCUT2D eigenvalue weighted by Crippen LogP contribution is -2.34. The van der Waals surface area contributed by atoms with Crippen LogP contribution in [0.2, 0.25) is 0 Å². The Morgan fingerprint density at radius 2 is 1.50 bits per heavy atom. The van der Waals surface area contributed by atoms with Gasteiger partial charge in [0.2, 0.25) is 20.0 Å². The van der Waals surface area contributed by atoms with Crippen LogP contribution in [0.5, 0.6) is 0 Å². The Balaban J connectivity index is 3.07. The molecule has 0 radical (unpaired) electrons. The van der Waals surface area contributed by atoms with Crippen molar-refractivity contribution in [1.29, 1.82) is 0 Å². The molecule has 0 saturated heterocycles. The van der Waals surface area contributed by atoms with Gasteiger partial charge in [0, 0.05) is 7.05 Å². The van der Waals surface area contributed by atoms with E-state index in [0.29, 0.717) is 5.69 Å². The number of nitrogens with zero attached hydrogens (tertiary/aromatic N) is 1. The van der Waals surface area contributed by atoms with Crippen molar-refractivity contribution in [2.24, 2.45) is 10.6 Å². The number of hydrogen-bond donors (Lipinski definition) is 1. The van der Waals surface area contributed by atoms with Gasteiger partial charge in [-0.1, -0.05) is 20.8 Å². The van der Waals surface area contributed by atoms with E-state index in [1.807, 2.05) is 20.8 Å². The average Bonchev–Trinajstić information content (AvgIpc) is 2.24. The number of hydrogen-bond acceptors (Lipinski definition) is 4. The van der Waals surface area contributed by atoms with Gasteiger partial charge >= 0.3 is 0 Å². The maximum Gasteiger partial charge on any atom is 0.238 e. The molecule has 0 bridgehead atoms. The van der Waals surface area contributed by atoms with Gasteiger partial charge in [-0.15, -0.1) is 0 Å². The summed E-state index contributed by atoms with van der Waals surface area (Å²) in [5, 5.41) is 4.99. The number of primary sulfonamides is 1. The van der Waals surface area contributed by atoms with Gasteiger partial charge in [-0.05, 0) is 29.7 Å². The molecule has 114 valence electrons. The maximum absolute atomic E-state index is 12.2. The number of sulfonamides is 2. The second kappa shape index (κ2) is 5.34. The van der Waals surface area contributed by atoms with Crippen LogP contribution in [0, 0.1) is 5.41 Å². The predicted molar refractivity (Wildman–Crippen MR) is 79.5 cm³/mol. The molecule has 1 rings (SSSR count). The van der Waals surface area contributed by atoms with Gasteiger partial charge in [0.1, 0.15) is 0 Å². The minimum atomic E-state index is -3.78. The van der Waals surface area contributed by atoms with E-state index in [1.165, 1.54) is 31.3 Å². The van der Waals surface area contributed by atoms with Gasteiger partial charge < -0.3 is 0 Å². The molecule has 0 aliphatic carbocycles. The van der Waals surface area contributed by atoms with Crippen molar-refractivity contribution >= 4 is 25.7 Å². The van der Waals surface area contributed by atoms with Crippen LogP contribution >= 0.6 is 0 Å². The monoisotopic (exact) mass is 320 g/mol. The molecule has 0 amide bonds. The Labute approximate surface area is 120 Å². The fraction of sp³-hybridized carbons (Fsp3) is 0.500. The van der Waals surface area contributed by atoms with Crippen LogP contribution in [-0.4, -0.2) is 29.6 Å². The van der Waals surface area contributed by atoms with Crippen LogP contribution in [0.4, 0.5) is 5.69 Å². The van der Waals surface area contributed by atoms with Crippen LogP contribution in [0.15, 0.2) is 29.2 Å². The minimum Gasteiger partial charge on any atom is -0.273 e. The maximum atomic E-state index is 12.2. The van der Waals surface area contributed by atoms with Gasteiger partial charge in [0.15, 0.2) is 0 Å². The Morgan fingerprint density at radius 3 is 1.85 bits per heavy atom. The van der Waals surface area contributed by atoms with Gasteiger partial charge in [0.25, 0.3) is 0 Å². The Bertz CT molecular complexity index is 671. The minimum absolute atomic E-state index is 0.00651. The molecule has 0 atom stereocenters. The topological polar surface area (TPSA) is 97.5 Å². The molecule has 0 unspecified atom stereocenters. The Kier molecular flexibility index (Phi) is 4.52. The fourth-order valence-corrected chi connectivity index (χ4v) is 3.90. The van der Waals surface area contributed by atoms with Crippen molar-refractivity contribution in [2.75, 3.05) is 17.1 Å². The van der Waals surface area contributed by atoms with Crippen molar-refractivity contribution < 1.29 is 16.8 Å². The van der Waals surface area contributed by atoms with E-state index in [0.717, 1.165) is 4.31 Å². The summed E-state index contributed by atoms with van der Waals surface area (Å²) in [5.74, 6) is -0.00651. The number of rotatable bonds is 4. The van der Waals surface area contributed by atoms with E-state index >= 15 is 0 Å². The van der Waals surface area contributed by atoms with Crippen LogP contribution in [0.25, 0.3) is 0 Å². The van der Waals surface area contributed by atoms with Crippen molar-refractivity contribution in [3.8, 4) is 0 Å². The van der Waals surface area contributed by atoms with Crippen LogP contribution in [0.3, 0.4) is 0 Å². The number of benzene rings is 1. The molecule has 0 aromatic heterocycles. The Hall–Kier alpha value is -1.12. The first-order valence-corrected chi connectivity index (χ1v) is 9.08. The molecule has 0 fully saturated rings. The fourth-order valence-electron chi connectivity index (χ4n) is 1.65. The number of anilines is 1. The zero-order valence-electron chi connectivity index (χ0n) is 12.0. The summed E-state index contributed by atoms with van der Waals surface area (Å²) in [4.78, 5) is -0.0529. The third kappa shape index (κ3) is 4.46. The molecule has 0 aliphatic rings. The molecule has 0 heterocycles. The second-order valence-corrected chi connectivity index (χ2v) is 9.38. The van der Waals surface area contributed by atoms with Gasteiger partial charge in [0.05, 0.1) is 16.3 Å². The zero-order valence-corrected chi connectivity index (χ0v) is 13.6. The highest BCUT2D eigenvalue weighted by Gasteiger charge is 2.26. The molecule has 20 heavy (non-hydrogen) atoms. The normalized spacial score (nSPS) is 13.2. The molecular weight excluding hydrogens is 300 g/mol. The standard InChI is InChI=1S/C12H20N2O4S2/c1-12(2,3)9-19(15,16)14(4)10-5-7-11(8-6-10)20(13,17)18/h5-8H,9H2,1-4H3,(H2,13,17,18). The van der Waals surface area contributed by atoms with Gasteiger partial charge in [-0.3, -0.25) is 4.31 Å². The lowest BCUT2D eigenvalue weighted by atomic mass is 10.0. The summed E-state index contributed by atoms with van der Waals surface area (Å²) in [5.41, 5.74) is 0.0230. The molecule has 0 saturated carbocycles. The van der Waals surface area contributed by atoms with Crippen molar-refractivity contribution in [2.45, 2.75) is 25.7 Å². The molecule has 0 spiro atoms. The zero-order chi connectivity index (χ0) is 15.8. The third-order valence-electron chi connectivity index (χ3n) is 2.56. The summed E-state index contributed by atoms with van der Waals surface area (Å²) in [6.45, 7) is 5.51. The molecule has 8 heteroatoms. The first-order valence-electron chi connectivity index (χ1n) is 5.92. The first kappa shape index (κ1) is 16.9. The Morgan fingerprint density at radius 1 is 1.05 bits per heavy atom. The van der Waals surface area contributed by atoms with E-state index in [2.05, 4.69) is 0 Å². The van der Waals surface area contributed by atoms with E-state index in [9.17, 15) is 16.8 Å². The molecule has 2 N–H and O–H groups in total. The van der Waals surface area contributed by atoms with Gasteiger partial charge in [-0.25, -0.2) is 22.0 Å². The van der Waals surface area contributed by atoms with Crippen molar-refractivity contribution in [3.05, 3.63) is 24.3 Å². The molecule has 1 aromatic carbocycles. The lowest BCUT2D eigenvalue weighted by Gasteiger charge is -2.25. The van der Waals surface area contributed by atoms with E-state index in [4.69, 9.17) is 5.14 Å². The van der Waals surface area contributed by atoms with E-state index in [-0.39, 0.29) is 16.1 Å². The lowest BCUT2D eigenvalue weighted by molar-refractivity contribution is 0.461. The predicted octanol–water partition coefficient (Wildman–Crippen LogP) is 1.15. The highest BCUT2D eigenvalue weighted by molar-refractivity contribution is 7.92. The molecule has 0 aliphatic heterocycles. The molecule has 6 nitrogen and oxygen atoms in total. The quantitative estimate of drug-likeness (QED) is 0.899. The molecule has 1 aromatic rings. The second-order valence-electron chi connectivity index (χ2n) is 5.82. The number of nitrogens with two attached hydrogens (primary N) is 1. The summed E-state index contributed by atoms with van der Waals surface area (Å²) in [6.07, 6.45) is 0. The average molecular weight is 320 g/mol. The summed E-state index contributed by atoms with van der Waals surface area (Å²) in [6, 6.07) is 5.40. The molecular formula is C12H20N2O4S2. The van der Waals surface area contributed by atoms with Crippen LogP contribution in [-0.2, 0) is 20.0 Å². The first-order chi connectivity index (χ1) is 8.83. The highest BCUT2D eigenvalue weighted by atomic mass is 32.2. The summed E-state index contributed by atoms with van der Waals surface area (Å²) < 4.78 is 47.9. The van der Waals surface area contributed by atoms with Crippen molar-refractivity contribution in [1.82, 2.24) is 0 Å². The van der Waals surface area contributed by atoms with E-state index < -0.39 is 20.0 Å².